The van der Waals surface area contributed by atoms with Gasteiger partial charge in [-0.25, -0.2) is 0 Å². The number of nitrogens with one attached hydrogen (secondary N) is 1. The number of hydrogen-bond acceptors (Lipinski definition) is 7. The Labute approximate surface area is 194 Å². The highest BCUT2D eigenvalue weighted by Gasteiger charge is 2.21. The van der Waals surface area contributed by atoms with E-state index >= 15 is 0 Å². The van der Waals surface area contributed by atoms with Crippen LogP contribution in [0.2, 0.25) is 5.02 Å². The zero-order valence-corrected chi connectivity index (χ0v) is 19.4. The molecule has 1 heterocycles. The van der Waals surface area contributed by atoms with Gasteiger partial charge in [0.1, 0.15) is 5.69 Å². The van der Waals surface area contributed by atoms with Crippen LogP contribution >= 0.6 is 23.4 Å². The number of nitro benzene ring substituents is 1. The number of amides is 1. The highest BCUT2D eigenvalue weighted by atomic mass is 35.5. The van der Waals surface area contributed by atoms with Crippen LogP contribution < -0.4 is 5.32 Å². The predicted molar refractivity (Wildman–Crippen MR) is 125 cm³/mol. The molecule has 0 bridgehead atoms. The molecule has 0 aliphatic heterocycles. The molecule has 0 fully saturated rings. The van der Waals surface area contributed by atoms with E-state index in [-0.39, 0.29) is 23.2 Å². The minimum atomic E-state index is -0.565. The Morgan fingerprint density at radius 3 is 2.62 bits per heavy atom. The van der Waals surface area contributed by atoms with E-state index in [9.17, 15) is 14.9 Å². The zero-order chi connectivity index (χ0) is 23.3. The standard InChI is InChI=1S/C21H23ClN6O3S/c1-14(26(2)3)20-24-25-21(27(20)12-15-7-5-4-6-8-15)32-13-19(29)23-17-11-16(22)9-10-18(17)28(30)31/h4-11,14H,12-13H2,1-3H3,(H,23,29). The molecule has 1 N–H and O–H groups in total. The van der Waals surface area contributed by atoms with E-state index in [0.717, 1.165) is 11.4 Å². The second-order valence-corrected chi connectivity index (χ2v) is 8.69. The smallest absolute Gasteiger partial charge is 0.292 e. The van der Waals surface area contributed by atoms with Gasteiger partial charge in [0, 0.05) is 11.1 Å². The third kappa shape index (κ3) is 5.84. The predicted octanol–water partition coefficient (Wildman–Crippen LogP) is 4.24. The van der Waals surface area contributed by atoms with E-state index in [1.807, 2.05) is 60.8 Å². The minimum absolute atomic E-state index is 0.00688. The van der Waals surface area contributed by atoms with Crippen LogP contribution in [0.3, 0.4) is 0 Å². The van der Waals surface area contributed by atoms with Gasteiger partial charge in [-0.15, -0.1) is 10.2 Å². The first kappa shape index (κ1) is 23.7. The number of benzene rings is 2. The van der Waals surface area contributed by atoms with Crippen molar-refractivity contribution < 1.29 is 9.72 Å². The van der Waals surface area contributed by atoms with Crippen molar-refractivity contribution in [3.05, 3.63) is 75.1 Å². The molecule has 1 amide bonds. The SMILES string of the molecule is CC(c1nnc(SCC(=O)Nc2cc(Cl)ccc2[N+](=O)[O-])n1Cc1ccccc1)N(C)C. The molecule has 0 aliphatic carbocycles. The van der Waals surface area contributed by atoms with Crippen molar-refractivity contribution in [2.75, 3.05) is 25.2 Å². The summed E-state index contributed by atoms with van der Waals surface area (Å²) in [6, 6.07) is 14.0. The van der Waals surface area contributed by atoms with Crippen LogP contribution in [0, 0.1) is 10.1 Å². The molecule has 0 saturated carbocycles. The van der Waals surface area contributed by atoms with Crippen LogP contribution in [0.1, 0.15) is 24.4 Å². The van der Waals surface area contributed by atoms with Crippen LogP contribution in [-0.2, 0) is 11.3 Å². The van der Waals surface area contributed by atoms with Gasteiger partial charge in [-0.1, -0.05) is 53.7 Å². The summed E-state index contributed by atoms with van der Waals surface area (Å²) in [4.78, 5) is 25.2. The lowest BCUT2D eigenvalue weighted by Crippen LogP contribution is -2.21. The van der Waals surface area contributed by atoms with Crippen LogP contribution in [0.15, 0.2) is 53.7 Å². The maximum atomic E-state index is 12.5. The highest BCUT2D eigenvalue weighted by Crippen LogP contribution is 2.28. The van der Waals surface area contributed by atoms with Crippen molar-refractivity contribution >= 4 is 40.6 Å². The molecule has 3 aromatic rings. The Hall–Kier alpha value is -2.95. The molecule has 1 aromatic heterocycles. The van der Waals surface area contributed by atoms with Gasteiger partial charge in [0.05, 0.1) is 23.3 Å². The van der Waals surface area contributed by atoms with Gasteiger partial charge in [-0.2, -0.15) is 0 Å². The number of hydrogen-bond donors (Lipinski definition) is 1. The Kier molecular flexibility index (Phi) is 7.84. The summed E-state index contributed by atoms with van der Waals surface area (Å²) in [5.74, 6) is 0.386. The highest BCUT2D eigenvalue weighted by molar-refractivity contribution is 7.99. The topological polar surface area (TPSA) is 106 Å². The third-order valence-electron chi connectivity index (χ3n) is 4.84. The summed E-state index contributed by atoms with van der Waals surface area (Å²) in [5, 5.41) is 23.3. The molecule has 0 radical (unpaired) electrons. The molecule has 0 saturated heterocycles. The molecule has 3 rings (SSSR count). The van der Waals surface area contributed by atoms with Crippen molar-refractivity contribution in [2.24, 2.45) is 0 Å². The van der Waals surface area contributed by atoms with Crippen molar-refractivity contribution in [2.45, 2.75) is 24.7 Å². The molecule has 0 aliphatic rings. The molecule has 168 valence electrons. The summed E-state index contributed by atoms with van der Waals surface area (Å²) in [5.41, 5.74) is 0.920. The van der Waals surface area contributed by atoms with E-state index in [0.29, 0.717) is 16.7 Å². The molecule has 9 nitrogen and oxygen atoms in total. The van der Waals surface area contributed by atoms with E-state index in [1.54, 1.807) is 0 Å². The minimum Gasteiger partial charge on any atom is -0.320 e. The number of carbonyl (C=O) groups excluding carboxylic acids is 1. The number of anilines is 1. The lowest BCUT2D eigenvalue weighted by Gasteiger charge is -2.20. The van der Waals surface area contributed by atoms with Crippen LogP contribution in [0.4, 0.5) is 11.4 Å². The number of thioether (sulfide) groups is 1. The number of rotatable bonds is 9. The fourth-order valence-corrected chi connectivity index (χ4v) is 3.86. The van der Waals surface area contributed by atoms with Gasteiger partial charge in [0.25, 0.3) is 5.69 Å². The van der Waals surface area contributed by atoms with Crippen molar-refractivity contribution in [3.63, 3.8) is 0 Å². The summed E-state index contributed by atoms with van der Waals surface area (Å²) >= 11 is 7.15. The first-order valence-corrected chi connectivity index (χ1v) is 11.1. The maximum Gasteiger partial charge on any atom is 0.292 e. The number of carbonyl (C=O) groups is 1. The molecule has 11 heteroatoms. The summed E-state index contributed by atoms with van der Waals surface area (Å²) in [6.07, 6.45) is 0. The van der Waals surface area contributed by atoms with E-state index in [2.05, 4.69) is 15.5 Å². The van der Waals surface area contributed by atoms with Gasteiger partial charge >= 0.3 is 0 Å². The second kappa shape index (κ2) is 10.6. The lowest BCUT2D eigenvalue weighted by atomic mass is 10.2. The summed E-state index contributed by atoms with van der Waals surface area (Å²) < 4.78 is 1.99. The van der Waals surface area contributed by atoms with Crippen LogP contribution in [0.25, 0.3) is 0 Å². The number of nitrogens with zero attached hydrogens (tertiary/aromatic N) is 5. The number of halogens is 1. The normalized spacial score (nSPS) is 12.0. The van der Waals surface area contributed by atoms with Crippen molar-refractivity contribution in [1.29, 1.82) is 0 Å². The Bertz CT molecular complexity index is 1110. The quantitative estimate of drug-likeness (QED) is 0.281. The Balaban J connectivity index is 1.78. The molecule has 2 aromatic carbocycles. The molecule has 0 spiro atoms. The summed E-state index contributed by atoms with van der Waals surface area (Å²) in [6.45, 7) is 2.59. The second-order valence-electron chi connectivity index (χ2n) is 7.31. The van der Waals surface area contributed by atoms with Gasteiger partial charge < -0.3 is 9.88 Å². The van der Waals surface area contributed by atoms with E-state index in [4.69, 9.17) is 11.6 Å². The van der Waals surface area contributed by atoms with Gasteiger partial charge in [-0.3, -0.25) is 19.8 Å². The summed E-state index contributed by atoms with van der Waals surface area (Å²) in [7, 11) is 3.93. The Morgan fingerprint density at radius 1 is 1.25 bits per heavy atom. The Morgan fingerprint density at radius 2 is 1.97 bits per heavy atom. The van der Waals surface area contributed by atoms with E-state index in [1.165, 1.54) is 30.0 Å². The van der Waals surface area contributed by atoms with Crippen molar-refractivity contribution in [3.8, 4) is 0 Å². The molecule has 1 atom stereocenters. The maximum absolute atomic E-state index is 12.5. The van der Waals surface area contributed by atoms with Crippen LogP contribution in [0.5, 0.6) is 0 Å². The average Bonchev–Trinajstić information content (AvgIpc) is 3.14. The van der Waals surface area contributed by atoms with E-state index < -0.39 is 10.8 Å². The van der Waals surface area contributed by atoms with Gasteiger partial charge in [-0.05, 0) is 38.7 Å². The average molecular weight is 475 g/mol. The fourth-order valence-electron chi connectivity index (χ4n) is 2.95. The first-order chi connectivity index (χ1) is 15.3. The lowest BCUT2D eigenvalue weighted by molar-refractivity contribution is -0.383. The van der Waals surface area contributed by atoms with Crippen molar-refractivity contribution in [1.82, 2.24) is 19.7 Å². The first-order valence-electron chi connectivity index (χ1n) is 9.76. The fraction of sp³-hybridized carbons (Fsp3) is 0.286. The molecule has 32 heavy (non-hydrogen) atoms. The molecular formula is C21H23ClN6O3S. The van der Waals surface area contributed by atoms with Crippen LogP contribution in [-0.4, -0.2) is 50.3 Å². The zero-order valence-electron chi connectivity index (χ0n) is 17.9. The number of nitro groups is 1. The third-order valence-corrected chi connectivity index (χ3v) is 6.04. The molecule has 1 unspecified atom stereocenters. The number of aromatic nitrogens is 3. The van der Waals surface area contributed by atoms with Gasteiger partial charge in [0.2, 0.25) is 5.91 Å². The van der Waals surface area contributed by atoms with Gasteiger partial charge in [0.15, 0.2) is 11.0 Å². The molecular weight excluding hydrogens is 452 g/mol. The monoisotopic (exact) mass is 474 g/mol. The largest absolute Gasteiger partial charge is 0.320 e.